The number of rotatable bonds is 4. The largest absolute Gasteiger partial charge is 0.469 e. The highest BCUT2D eigenvalue weighted by Gasteiger charge is 2.26. The second kappa shape index (κ2) is 4.14. The summed E-state index contributed by atoms with van der Waals surface area (Å²) in [7, 11) is 1.42. The molecule has 3 rings (SSSR count). The third kappa shape index (κ3) is 2.07. The molecule has 0 N–H and O–H groups in total. The number of methoxy groups -OCH3 is 1. The Hall–Kier alpha value is -1.36. The zero-order chi connectivity index (χ0) is 11.8. The number of aryl methyl sites for hydroxylation is 1. The van der Waals surface area contributed by atoms with Gasteiger partial charge in [-0.05, 0) is 19.3 Å². The van der Waals surface area contributed by atoms with Crippen LogP contribution in [0.25, 0.3) is 4.96 Å². The normalized spacial score (nSPS) is 15.4. The van der Waals surface area contributed by atoms with Gasteiger partial charge in [0.25, 0.3) is 0 Å². The summed E-state index contributed by atoms with van der Waals surface area (Å²) in [4.78, 5) is 16.8. The highest BCUT2D eigenvalue weighted by atomic mass is 32.1. The Bertz CT molecular complexity index is 554. The molecule has 1 saturated carbocycles. The van der Waals surface area contributed by atoms with E-state index < -0.39 is 0 Å². The van der Waals surface area contributed by atoms with Crippen molar-refractivity contribution < 1.29 is 9.53 Å². The Morgan fingerprint density at radius 1 is 1.65 bits per heavy atom. The summed E-state index contributed by atoms with van der Waals surface area (Å²) in [6.45, 7) is 0. The molecular weight excluding hydrogens is 236 g/mol. The first-order valence-electron chi connectivity index (χ1n) is 5.80. The number of esters is 1. The van der Waals surface area contributed by atoms with Gasteiger partial charge in [-0.15, -0.1) is 11.3 Å². The van der Waals surface area contributed by atoms with Crippen LogP contribution in [0.3, 0.4) is 0 Å². The van der Waals surface area contributed by atoms with Crippen LogP contribution < -0.4 is 0 Å². The average Bonchev–Trinajstić information content (AvgIpc) is 2.99. The van der Waals surface area contributed by atoms with Crippen molar-refractivity contribution in [2.45, 2.75) is 31.6 Å². The van der Waals surface area contributed by atoms with Crippen LogP contribution in [0, 0.1) is 0 Å². The molecule has 0 unspecified atom stereocenters. The maximum Gasteiger partial charge on any atom is 0.305 e. The van der Waals surface area contributed by atoms with Gasteiger partial charge in [0.05, 0.1) is 19.2 Å². The summed E-state index contributed by atoms with van der Waals surface area (Å²) in [6.07, 6.45) is 5.80. The standard InChI is InChI=1S/C12H14N2O2S/c1-16-11(15)5-4-9-7-17-12-13-10(6-14(9)12)8-2-3-8/h6-8H,2-5H2,1H3. The van der Waals surface area contributed by atoms with Gasteiger partial charge in [-0.3, -0.25) is 9.20 Å². The van der Waals surface area contributed by atoms with Gasteiger partial charge in [-0.2, -0.15) is 0 Å². The van der Waals surface area contributed by atoms with E-state index in [1.54, 1.807) is 11.3 Å². The second-order valence-corrected chi connectivity index (χ2v) is 5.23. The topological polar surface area (TPSA) is 43.6 Å². The van der Waals surface area contributed by atoms with Gasteiger partial charge < -0.3 is 4.74 Å². The molecule has 2 aromatic rings. The van der Waals surface area contributed by atoms with Crippen molar-refractivity contribution in [2.75, 3.05) is 7.11 Å². The molecule has 0 atom stereocenters. The molecule has 1 aliphatic rings. The lowest BCUT2D eigenvalue weighted by molar-refractivity contribution is -0.140. The molecule has 17 heavy (non-hydrogen) atoms. The number of hydrogen-bond donors (Lipinski definition) is 0. The average molecular weight is 250 g/mol. The quantitative estimate of drug-likeness (QED) is 0.782. The minimum Gasteiger partial charge on any atom is -0.469 e. The number of carbonyl (C=O) groups excluding carboxylic acids is 1. The Balaban J connectivity index is 1.81. The SMILES string of the molecule is COC(=O)CCc1csc2nc(C3CC3)cn12. The minimum atomic E-state index is -0.160. The third-order valence-corrected chi connectivity index (χ3v) is 4.00. The van der Waals surface area contributed by atoms with Crippen LogP contribution in [-0.2, 0) is 16.0 Å². The molecule has 0 radical (unpaired) electrons. The molecule has 90 valence electrons. The molecule has 2 aromatic heterocycles. The van der Waals surface area contributed by atoms with Crippen LogP contribution in [-0.4, -0.2) is 22.5 Å². The minimum absolute atomic E-state index is 0.160. The van der Waals surface area contributed by atoms with Crippen LogP contribution in [0.2, 0.25) is 0 Å². The summed E-state index contributed by atoms with van der Waals surface area (Å²) < 4.78 is 6.77. The van der Waals surface area contributed by atoms with Crippen molar-refractivity contribution in [1.82, 2.24) is 9.38 Å². The Labute approximate surface area is 103 Å². The van der Waals surface area contributed by atoms with Gasteiger partial charge in [0.1, 0.15) is 0 Å². The number of carbonyl (C=O) groups is 1. The maximum atomic E-state index is 11.1. The van der Waals surface area contributed by atoms with Crippen molar-refractivity contribution in [1.29, 1.82) is 0 Å². The van der Waals surface area contributed by atoms with Crippen molar-refractivity contribution in [3.05, 3.63) is 23.0 Å². The molecule has 0 bridgehead atoms. The number of aromatic nitrogens is 2. The predicted molar refractivity (Wildman–Crippen MR) is 65.4 cm³/mol. The monoisotopic (exact) mass is 250 g/mol. The van der Waals surface area contributed by atoms with Gasteiger partial charge in [0.15, 0.2) is 4.96 Å². The maximum absolute atomic E-state index is 11.1. The number of thiazole rings is 1. The zero-order valence-electron chi connectivity index (χ0n) is 9.68. The third-order valence-electron chi connectivity index (χ3n) is 3.11. The fraction of sp³-hybridized carbons (Fsp3) is 0.500. The van der Waals surface area contributed by atoms with Gasteiger partial charge in [-0.25, -0.2) is 4.98 Å². The molecule has 2 heterocycles. The van der Waals surface area contributed by atoms with E-state index in [4.69, 9.17) is 0 Å². The number of hydrogen-bond acceptors (Lipinski definition) is 4. The van der Waals surface area contributed by atoms with Gasteiger partial charge in [0, 0.05) is 23.2 Å². The number of fused-ring (bicyclic) bond motifs is 1. The van der Waals surface area contributed by atoms with E-state index in [0.29, 0.717) is 18.8 Å². The lowest BCUT2D eigenvalue weighted by Crippen LogP contribution is -2.03. The van der Waals surface area contributed by atoms with Crippen LogP contribution in [0.5, 0.6) is 0 Å². The Morgan fingerprint density at radius 3 is 3.18 bits per heavy atom. The van der Waals surface area contributed by atoms with Gasteiger partial charge in [0.2, 0.25) is 0 Å². The highest BCUT2D eigenvalue weighted by molar-refractivity contribution is 7.15. The lowest BCUT2D eigenvalue weighted by atomic mass is 10.2. The summed E-state index contributed by atoms with van der Waals surface area (Å²) >= 11 is 1.64. The molecule has 0 aliphatic heterocycles. The number of imidazole rings is 1. The number of ether oxygens (including phenoxy) is 1. The second-order valence-electron chi connectivity index (χ2n) is 4.40. The Kier molecular flexibility index (Phi) is 2.63. The molecule has 0 aromatic carbocycles. The molecule has 0 spiro atoms. The van der Waals surface area contributed by atoms with Gasteiger partial charge in [-0.1, -0.05) is 0 Å². The smallest absolute Gasteiger partial charge is 0.305 e. The van der Waals surface area contributed by atoms with E-state index in [1.807, 2.05) is 0 Å². The van der Waals surface area contributed by atoms with Crippen LogP contribution in [0.1, 0.15) is 36.6 Å². The van der Waals surface area contributed by atoms with E-state index in [9.17, 15) is 4.79 Å². The van der Waals surface area contributed by atoms with Crippen LogP contribution in [0.4, 0.5) is 0 Å². The van der Waals surface area contributed by atoms with Crippen molar-refractivity contribution in [3.8, 4) is 0 Å². The first-order chi connectivity index (χ1) is 8.28. The molecule has 4 nitrogen and oxygen atoms in total. The molecule has 1 fully saturated rings. The summed E-state index contributed by atoms with van der Waals surface area (Å²) in [5, 5.41) is 2.07. The van der Waals surface area contributed by atoms with E-state index in [-0.39, 0.29) is 5.97 Å². The Morgan fingerprint density at radius 2 is 2.47 bits per heavy atom. The van der Waals surface area contributed by atoms with E-state index in [2.05, 4.69) is 25.7 Å². The molecule has 5 heteroatoms. The van der Waals surface area contributed by atoms with Crippen molar-refractivity contribution in [3.63, 3.8) is 0 Å². The number of nitrogens with zero attached hydrogens (tertiary/aromatic N) is 2. The molecule has 0 saturated heterocycles. The predicted octanol–water partition coefficient (Wildman–Crippen LogP) is 2.38. The summed E-state index contributed by atoms with van der Waals surface area (Å²) in [6, 6.07) is 0. The van der Waals surface area contributed by atoms with Crippen LogP contribution >= 0.6 is 11.3 Å². The first-order valence-corrected chi connectivity index (χ1v) is 6.68. The van der Waals surface area contributed by atoms with Crippen LogP contribution in [0.15, 0.2) is 11.6 Å². The van der Waals surface area contributed by atoms with E-state index in [1.165, 1.54) is 25.6 Å². The van der Waals surface area contributed by atoms with E-state index >= 15 is 0 Å². The van der Waals surface area contributed by atoms with E-state index in [0.717, 1.165) is 10.7 Å². The molecular formula is C12H14N2O2S. The molecule has 1 aliphatic carbocycles. The van der Waals surface area contributed by atoms with Gasteiger partial charge >= 0.3 is 5.97 Å². The first kappa shape index (κ1) is 10.8. The zero-order valence-corrected chi connectivity index (χ0v) is 10.5. The molecule has 0 amide bonds. The fourth-order valence-electron chi connectivity index (χ4n) is 1.93. The summed E-state index contributed by atoms with van der Waals surface area (Å²) in [5.41, 5.74) is 2.35. The lowest BCUT2D eigenvalue weighted by Gasteiger charge is -1.98. The van der Waals surface area contributed by atoms with Crippen molar-refractivity contribution >= 4 is 22.3 Å². The highest BCUT2D eigenvalue weighted by Crippen LogP contribution is 2.40. The fourth-order valence-corrected chi connectivity index (χ4v) is 2.85. The van der Waals surface area contributed by atoms with Crippen molar-refractivity contribution in [2.24, 2.45) is 0 Å². The summed E-state index contributed by atoms with van der Waals surface area (Å²) in [5.74, 6) is 0.516.